The van der Waals surface area contributed by atoms with Gasteiger partial charge in [-0.15, -0.1) is 0 Å². The minimum absolute atomic E-state index is 0.0862. The number of rotatable bonds is 3. The number of sulfonamides is 1. The highest BCUT2D eigenvalue weighted by Gasteiger charge is 2.29. The van der Waals surface area contributed by atoms with Crippen LogP contribution in [0.4, 0.5) is 0 Å². The Balaban J connectivity index is 3.44. The Morgan fingerprint density at radius 3 is 2.38 bits per heavy atom. The molecule has 0 atom stereocenters. The van der Waals surface area contributed by atoms with Gasteiger partial charge in [0, 0.05) is 0 Å². The number of primary sulfonamides is 1. The third kappa shape index (κ3) is 2.25. The molecule has 90 valence electrons. The minimum atomic E-state index is -4.00. The highest BCUT2D eigenvalue weighted by Crippen LogP contribution is 2.26. The van der Waals surface area contributed by atoms with Crippen molar-refractivity contribution >= 4 is 16.0 Å². The average molecular weight is 247 g/mol. The van der Waals surface area contributed by atoms with Gasteiger partial charge in [-0.25, -0.2) is 18.4 Å². The molecule has 0 aliphatic heterocycles. The molecule has 0 bridgehead atoms. The Kier molecular flexibility index (Phi) is 3.39. The van der Waals surface area contributed by atoms with Crippen LogP contribution in [0, 0.1) is 13.8 Å². The molecule has 1 rings (SSSR count). The van der Waals surface area contributed by atoms with Crippen molar-refractivity contribution in [3.05, 3.63) is 17.1 Å². The summed E-state index contributed by atoms with van der Waals surface area (Å²) in [6.07, 6.45) is 0. The number of carbonyl (C=O) groups is 1. The Labute approximate surface area is 93.4 Å². The van der Waals surface area contributed by atoms with Crippen LogP contribution in [0.15, 0.2) is 9.31 Å². The van der Waals surface area contributed by atoms with Gasteiger partial charge in [-0.1, -0.05) is 0 Å². The molecule has 1 aromatic rings. The summed E-state index contributed by atoms with van der Waals surface area (Å²) in [4.78, 5) is 11.2. The molecule has 0 saturated heterocycles. The van der Waals surface area contributed by atoms with Gasteiger partial charge in [0.15, 0.2) is 0 Å². The Morgan fingerprint density at radius 2 is 1.94 bits per heavy atom. The molecule has 0 aliphatic rings. The van der Waals surface area contributed by atoms with Crippen molar-refractivity contribution in [2.24, 2.45) is 5.14 Å². The lowest BCUT2D eigenvalue weighted by Crippen LogP contribution is -2.17. The van der Waals surface area contributed by atoms with Crippen molar-refractivity contribution in [1.82, 2.24) is 0 Å². The van der Waals surface area contributed by atoms with Gasteiger partial charge in [0.1, 0.15) is 22.0 Å². The molecule has 1 aromatic heterocycles. The number of ether oxygens (including phenoxy) is 1. The van der Waals surface area contributed by atoms with Crippen molar-refractivity contribution in [2.75, 3.05) is 6.61 Å². The molecule has 0 saturated carbocycles. The SMILES string of the molecule is CCOC(=O)c1c(C)oc(C)c1S(N)(=O)=O. The second kappa shape index (κ2) is 4.26. The summed E-state index contributed by atoms with van der Waals surface area (Å²) in [5.74, 6) is -0.482. The predicted molar refractivity (Wildman–Crippen MR) is 55.5 cm³/mol. The molecule has 7 heteroatoms. The van der Waals surface area contributed by atoms with Gasteiger partial charge in [-0.3, -0.25) is 0 Å². The predicted octanol–water partition coefficient (Wildman–Crippen LogP) is 0.721. The molecular formula is C9H13NO5S. The van der Waals surface area contributed by atoms with Gasteiger partial charge in [-0.05, 0) is 20.8 Å². The van der Waals surface area contributed by atoms with Crippen LogP contribution < -0.4 is 5.14 Å². The van der Waals surface area contributed by atoms with Crippen LogP contribution in [0.25, 0.3) is 0 Å². The standard InChI is InChI=1S/C9H13NO5S/c1-4-14-9(11)7-5(2)15-6(3)8(7)16(10,12)13/h4H2,1-3H3,(H2,10,12,13). The van der Waals surface area contributed by atoms with Crippen molar-refractivity contribution in [1.29, 1.82) is 0 Å². The number of esters is 1. The smallest absolute Gasteiger partial charge is 0.343 e. The molecule has 16 heavy (non-hydrogen) atoms. The topological polar surface area (TPSA) is 99.6 Å². The van der Waals surface area contributed by atoms with E-state index in [4.69, 9.17) is 14.3 Å². The van der Waals surface area contributed by atoms with Crippen LogP contribution in [-0.2, 0) is 14.8 Å². The van der Waals surface area contributed by atoms with Crippen LogP contribution >= 0.6 is 0 Å². The molecule has 0 amide bonds. The fourth-order valence-corrected chi connectivity index (χ4v) is 2.40. The van der Waals surface area contributed by atoms with Crippen LogP contribution in [0.5, 0.6) is 0 Å². The van der Waals surface area contributed by atoms with E-state index in [-0.39, 0.29) is 28.6 Å². The summed E-state index contributed by atoms with van der Waals surface area (Å²) in [7, 11) is -4.00. The molecule has 0 fully saturated rings. The third-order valence-corrected chi connectivity index (χ3v) is 3.03. The van der Waals surface area contributed by atoms with Gasteiger partial charge >= 0.3 is 5.97 Å². The summed E-state index contributed by atoms with van der Waals surface area (Å²) in [6.45, 7) is 4.67. The molecule has 0 aliphatic carbocycles. The molecular weight excluding hydrogens is 234 g/mol. The van der Waals surface area contributed by atoms with Gasteiger partial charge < -0.3 is 9.15 Å². The lowest BCUT2D eigenvalue weighted by molar-refractivity contribution is 0.0520. The maximum Gasteiger partial charge on any atom is 0.343 e. The summed E-state index contributed by atoms with van der Waals surface area (Å²) in [6, 6.07) is 0. The van der Waals surface area contributed by atoms with E-state index < -0.39 is 16.0 Å². The van der Waals surface area contributed by atoms with Gasteiger partial charge in [0.05, 0.1) is 6.61 Å². The van der Waals surface area contributed by atoms with E-state index in [1.807, 2.05) is 0 Å². The molecule has 0 radical (unpaired) electrons. The van der Waals surface area contributed by atoms with Crippen LogP contribution in [-0.4, -0.2) is 21.0 Å². The second-order valence-electron chi connectivity index (χ2n) is 3.18. The van der Waals surface area contributed by atoms with Crippen LogP contribution in [0.3, 0.4) is 0 Å². The monoisotopic (exact) mass is 247 g/mol. The maximum absolute atomic E-state index is 11.5. The van der Waals surface area contributed by atoms with Crippen molar-refractivity contribution in [3.63, 3.8) is 0 Å². The van der Waals surface area contributed by atoms with E-state index in [1.165, 1.54) is 13.8 Å². The number of aryl methyl sites for hydroxylation is 2. The minimum Gasteiger partial charge on any atom is -0.464 e. The maximum atomic E-state index is 11.5. The number of furan rings is 1. The molecule has 0 aromatic carbocycles. The van der Waals surface area contributed by atoms with Crippen LogP contribution in [0.2, 0.25) is 0 Å². The number of carbonyl (C=O) groups excluding carboxylic acids is 1. The summed E-state index contributed by atoms with van der Waals surface area (Å²) >= 11 is 0. The van der Waals surface area contributed by atoms with Crippen molar-refractivity contribution in [3.8, 4) is 0 Å². The van der Waals surface area contributed by atoms with Gasteiger partial charge in [0.2, 0.25) is 10.0 Å². The second-order valence-corrected chi connectivity index (χ2v) is 4.68. The molecule has 0 unspecified atom stereocenters. The lowest BCUT2D eigenvalue weighted by atomic mass is 10.2. The number of hydrogen-bond acceptors (Lipinski definition) is 5. The van der Waals surface area contributed by atoms with E-state index in [2.05, 4.69) is 0 Å². The summed E-state index contributed by atoms with van der Waals surface area (Å²) in [5.41, 5.74) is -0.123. The first-order valence-electron chi connectivity index (χ1n) is 4.59. The van der Waals surface area contributed by atoms with Gasteiger partial charge in [-0.2, -0.15) is 0 Å². The van der Waals surface area contributed by atoms with E-state index >= 15 is 0 Å². The fraction of sp³-hybridized carbons (Fsp3) is 0.444. The molecule has 0 spiro atoms. The Bertz CT molecular complexity index is 514. The van der Waals surface area contributed by atoms with E-state index in [9.17, 15) is 13.2 Å². The zero-order chi connectivity index (χ0) is 12.5. The molecule has 2 N–H and O–H groups in total. The first-order chi connectivity index (χ1) is 7.29. The summed E-state index contributed by atoms with van der Waals surface area (Å²) in [5, 5.41) is 5.01. The quantitative estimate of drug-likeness (QED) is 0.793. The van der Waals surface area contributed by atoms with E-state index in [1.54, 1.807) is 6.92 Å². The largest absolute Gasteiger partial charge is 0.464 e. The van der Waals surface area contributed by atoms with Gasteiger partial charge in [0.25, 0.3) is 0 Å². The van der Waals surface area contributed by atoms with Crippen molar-refractivity contribution < 1.29 is 22.4 Å². The zero-order valence-corrected chi connectivity index (χ0v) is 10.1. The first kappa shape index (κ1) is 12.7. The average Bonchev–Trinajstić information content (AvgIpc) is 2.40. The van der Waals surface area contributed by atoms with E-state index in [0.717, 1.165) is 0 Å². The first-order valence-corrected chi connectivity index (χ1v) is 6.13. The van der Waals surface area contributed by atoms with Crippen molar-refractivity contribution in [2.45, 2.75) is 25.7 Å². The van der Waals surface area contributed by atoms with E-state index in [0.29, 0.717) is 0 Å². The number of nitrogens with two attached hydrogens (primary N) is 1. The highest BCUT2D eigenvalue weighted by atomic mass is 32.2. The lowest BCUT2D eigenvalue weighted by Gasteiger charge is -2.02. The Hall–Kier alpha value is -1.34. The fourth-order valence-electron chi connectivity index (χ4n) is 1.45. The number of hydrogen-bond donors (Lipinski definition) is 1. The van der Waals surface area contributed by atoms with Crippen LogP contribution in [0.1, 0.15) is 28.8 Å². The summed E-state index contributed by atoms with van der Waals surface area (Å²) < 4.78 is 32.4. The third-order valence-electron chi connectivity index (χ3n) is 1.97. The molecule has 1 heterocycles. The Morgan fingerprint density at radius 1 is 1.38 bits per heavy atom. The zero-order valence-electron chi connectivity index (χ0n) is 9.23. The highest BCUT2D eigenvalue weighted by molar-refractivity contribution is 7.89. The molecule has 6 nitrogen and oxygen atoms in total. The normalized spacial score (nSPS) is 11.5.